The zero-order chi connectivity index (χ0) is 12.5. The van der Waals surface area contributed by atoms with E-state index in [0.29, 0.717) is 11.5 Å². The molecule has 0 saturated heterocycles. The molecule has 3 heterocycles. The maximum absolute atomic E-state index is 8.54. The molecule has 18 heavy (non-hydrogen) atoms. The SMILES string of the molecule is NC(=NO)c1ncn(-c2nccn3cnnc23)n1. The van der Waals surface area contributed by atoms with Gasteiger partial charge >= 0.3 is 0 Å². The standard InChI is InChI=1S/C8H7N9O/c9-5(15-18)6-11-3-17(14-6)7-8-13-12-4-16(8)2-1-10-7/h1-4,18H,(H2,9,15). The highest BCUT2D eigenvalue weighted by Gasteiger charge is 2.11. The first-order chi connectivity index (χ1) is 8.79. The summed E-state index contributed by atoms with van der Waals surface area (Å²) in [6, 6.07) is 0. The number of amidine groups is 1. The molecule has 0 aliphatic carbocycles. The number of aromatic nitrogens is 7. The van der Waals surface area contributed by atoms with Gasteiger partial charge in [0, 0.05) is 12.4 Å². The third-order valence-electron chi connectivity index (χ3n) is 2.24. The normalized spacial score (nSPS) is 12.1. The van der Waals surface area contributed by atoms with E-state index < -0.39 is 0 Å². The van der Waals surface area contributed by atoms with Gasteiger partial charge in [-0.2, -0.15) is 4.68 Å². The van der Waals surface area contributed by atoms with Crippen molar-refractivity contribution in [2.24, 2.45) is 10.9 Å². The van der Waals surface area contributed by atoms with E-state index in [1.807, 2.05) is 0 Å². The zero-order valence-corrected chi connectivity index (χ0v) is 8.91. The zero-order valence-electron chi connectivity index (χ0n) is 8.91. The molecule has 0 atom stereocenters. The van der Waals surface area contributed by atoms with Gasteiger partial charge in [-0.25, -0.2) is 9.97 Å². The molecule has 3 aromatic rings. The molecular weight excluding hydrogens is 238 g/mol. The first-order valence-electron chi connectivity index (χ1n) is 4.84. The van der Waals surface area contributed by atoms with Gasteiger partial charge in [0.15, 0.2) is 0 Å². The lowest BCUT2D eigenvalue weighted by Crippen LogP contribution is -2.15. The van der Waals surface area contributed by atoms with Crippen molar-refractivity contribution in [1.82, 2.24) is 34.3 Å². The lowest BCUT2D eigenvalue weighted by Gasteiger charge is -1.99. The van der Waals surface area contributed by atoms with Gasteiger partial charge in [-0.1, -0.05) is 5.16 Å². The van der Waals surface area contributed by atoms with Crippen LogP contribution in [0.5, 0.6) is 0 Å². The van der Waals surface area contributed by atoms with Crippen LogP contribution in [0.4, 0.5) is 0 Å². The Morgan fingerprint density at radius 1 is 1.33 bits per heavy atom. The second kappa shape index (κ2) is 3.76. The number of fused-ring (bicyclic) bond motifs is 1. The summed E-state index contributed by atoms with van der Waals surface area (Å²) in [6.07, 6.45) is 6.23. The highest BCUT2D eigenvalue weighted by atomic mass is 16.4. The monoisotopic (exact) mass is 245 g/mol. The van der Waals surface area contributed by atoms with Gasteiger partial charge in [0.05, 0.1) is 0 Å². The molecule has 0 fully saturated rings. The lowest BCUT2D eigenvalue weighted by molar-refractivity contribution is 0.318. The summed E-state index contributed by atoms with van der Waals surface area (Å²) in [4.78, 5) is 8.03. The summed E-state index contributed by atoms with van der Waals surface area (Å²) in [5, 5.41) is 23.1. The van der Waals surface area contributed by atoms with E-state index in [9.17, 15) is 0 Å². The van der Waals surface area contributed by atoms with E-state index in [1.54, 1.807) is 23.1 Å². The van der Waals surface area contributed by atoms with Gasteiger partial charge in [0.1, 0.15) is 12.7 Å². The molecule has 10 nitrogen and oxygen atoms in total. The number of nitrogens with two attached hydrogens (primary N) is 1. The van der Waals surface area contributed by atoms with E-state index in [0.717, 1.165) is 0 Å². The minimum absolute atomic E-state index is 0.0980. The van der Waals surface area contributed by atoms with E-state index in [-0.39, 0.29) is 11.7 Å². The number of hydrogen-bond acceptors (Lipinski definition) is 7. The third-order valence-corrected chi connectivity index (χ3v) is 2.24. The summed E-state index contributed by atoms with van der Waals surface area (Å²) >= 11 is 0. The van der Waals surface area contributed by atoms with Crippen molar-refractivity contribution >= 4 is 11.5 Å². The van der Waals surface area contributed by atoms with Crippen LogP contribution in [0, 0.1) is 0 Å². The number of oxime groups is 1. The molecule has 90 valence electrons. The molecule has 0 unspecified atom stereocenters. The van der Waals surface area contributed by atoms with Crippen molar-refractivity contribution in [3.8, 4) is 5.82 Å². The Morgan fingerprint density at radius 2 is 2.22 bits per heavy atom. The van der Waals surface area contributed by atoms with Gasteiger partial charge in [-0.05, 0) is 0 Å². The summed E-state index contributed by atoms with van der Waals surface area (Å²) in [5.74, 6) is 0.363. The fourth-order valence-corrected chi connectivity index (χ4v) is 1.43. The van der Waals surface area contributed by atoms with Crippen LogP contribution < -0.4 is 5.73 Å². The fraction of sp³-hybridized carbons (Fsp3) is 0. The van der Waals surface area contributed by atoms with E-state index in [2.05, 4.69) is 30.4 Å². The van der Waals surface area contributed by atoms with Crippen LogP contribution in [0.25, 0.3) is 11.5 Å². The highest BCUT2D eigenvalue weighted by molar-refractivity contribution is 5.93. The molecule has 0 bridgehead atoms. The average Bonchev–Trinajstić information content (AvgIpc) is 3.05. The van der Waals surface area contributed by atoms with Gasteiger partial charge in [-0.3, -0.25) is 4.40 Å². The molecule has 0 radical (unpaired) electrons. The van der Waals surface area contributed by atoms with E-state index in [4.69, 9.17) is 10.9 Å². The van der Waals surface area contributed by atoms with Crippen molar-refractivity contribution in [2.75, 3.05) is 0 Å². The fourth-order valence-electron chi connectivity index (χ4n) is 1.43. The van der Waals surface area contributed by atoms with Crippen LogP contribution in [0.2, 0.25) is 0 Å². The van der Waals surface area contributed by atoms with Crippen LogP contribution in [0.3, 0.4) is 0 Å². The smallest absolute Gasteiger partial charge is 0.220 e. The predicted octanol–water partition coefficient (Wildman–Crippen LogP) is -1.20. The van der Waals surface area contributed by atoms with E-state index in [1.165, 1.54) is 11.0 Å². The van der Waals surface area contributed by atoms with Crippen molar-refractivity contribution in [1.29, 1.82) is 0 Å². The van der Waals surface area contributed by atoms with Crippen LogP contribution in [0.15, 0.2) is 30.2 Å². The lowest BCUT2D eigenvalue weighted by atomic mass is 10.6. The Morgan fingerprint density at radius 3 is 3.06 bits per heavy atom. The molecule has 0 aliphatic heterocycles. The van der Waals surface area contributed by atoms with Crippen molar-refractivity contribution in [3.05, 3.63) is 30.9 Å². The van der Waals surface area contributed by atoms with Crippen LogP contribution in [0.1, 0.15) is 5.82 Å². The highest BCUT2D eigenvalue weighted by Crippen LogP contribution is 2.08. The molecule has 0 saturated carbocycles. The molecule has 0 aliphatic rings. The summed E-state index contributed by atoms with van der Waals surface area (Å²) < 4.78 is 3.06. The maximum atomic E-state index is 8.54. The molecule has 10 heteroatoms. The predicted molar refractivity (Wildman–Crippen MR) is 58.2 cm³/mol. The topological polar surface area (TPSA) is 132 Å². The Bertz CT molecular complexity index is 727. The van der Waals surface area contributed by atoms with Gasteiger partial charge in [0.2, 0.25) is 23.1 Å². The molecule has 3 aromatic heterocycles. The Balaban J connectivity index is 2.15. The van der Waals surface area contributed by atoms with Crippen LogP contribution in [-0.4, -0.2) is 45.4 Å². The van der Waals surface area contributed by atoms with Gasteiger partial charge in [0.25, 0.3) is 0 Å². The minimum Gasteiger partial charge on any atom is -0.409 e. The first-order valence-corrected chi connectivity index (χ1v) is 4.84. The van der Waals surface area contributed by atoms with Gasteiger partial charge < -0.3 is 10.9 Å². The summed E-state index contributed by atoms with van der Waals surface area (Å²) in [7, 11) is 0. The quantitative estimate of drug-likeness (QED) is 0.251. The Kier molecular flexibility index (Phi) is 2.12. The molecular formula is C8H7N9O. The number of nitrogens with zero attached hydrogens (tertiary/aromatic N) is 8. The van der Waals surface area contributed by atoms with E-state index >= 15 is 0 Å². The van der Waals surface area contributed by atoms with Crippen molar-refractivity contribution < 1.29 is 5.21 Å². The largest absolute Gasteiger partial charge is 0.409 e. The first kappa shape index (κ1) is 10.1. The summed E-state index contributed by atoms with van der Waals surface area (Å²) in [6.45, 7) is 0. The molecule has 0 aromatic carbocycles. The molecule has 0 amide bonds. The van der Waals surface area contributed by atoms with Crippen LogP contribution >= 0.6 is 0 Å². The number of hydrogen-bond donors (Lipinski definition) is 2. The average molecular weight is 245 g/mol. The second-order valence-electron chi connectivity index (χ2n) is 3.31. The summed E-state index contributed by atoms with van der Waals surface area (Å²) in [5.41, 5.74) is 5.91. The maximum Gasteiger partial charge on any atom is 0.220 e. The van der Waals surface area contributed by atoms with Gasteiger partial charge in [-0.15, -0.1) is 15.3 Å². The molecule has 3 rings (SSSR count). The molecule has 3 N–H and O–H groups in total. The number of rotatable bonds is 2. The third kappa shape index (κ3) is 1.43. The van der Waals surface area contributed by atoms with Crippen molar-refractivity contribution in [2.45, 2.75) is 0 Å². The minimum atomic E-state index is -0.179. The van der Waals surface area contributed by atoms with Crippen LogP contribution in [-0.2, 0) is 0 Å². The Labute approximate surface area is 99.4 Å². The molecule has 0 spiro atoms. The second-order valence-corrected chi connectivity index (χ2v) is 3.31. The Hall–Kier alpha value is -3.04. The van der Waals surface area contributed by atoms with Crippen molar-refractivity contribution in [3.63, 3.8) is 0 Å².